The summed E-state index contributed by atoms with van der Waals surface area (Å²) in [5.41, 5.74) is 5.79. The van der Waals surface area contributed by atoms with Gasteiger partial charge in [-0.05, 0) is 31.5 Å². The van der Waals surface area contributed by atoms with Crippen molar-refractivity contribution < 1.29 is 4.74 Å². The lowest BCUT2D eigenvalue weighted by Gasteiger charge is -2.34. The van der Waals surface area contributed by atoms with Crippen molar-refractivity contribution in [3.8, 4) is 5.75 Å². The molecule has 0 aliphatic carbocycles. The lowest BCUT2D eigenvalue weighted by molar-refractivity contribution is 0.127. The van der Waals surface area contributed by atoms with E-state index in [4.69, 9.17) is 10.5 Å². The summed E-state index contributed by atoms with van der Waals surface area (Å²) >= 11 is 0. The zero-order valence-corrected chi connectivity index (χ0v) is 11.6. The molecule has 2 N–H and O–H groups in total. The van der Waals surface area contributed by atoms with Crippen molar-refractivity contribution in [1.82, 2.24) is 4.90 Å². The van der Waals surface area contributed by atoms with Gasteiger partial charge in [-0.15, -0.1) is 12.4 Å². The molecule has 18 heavy (non-hydrogen) atoms. The van der Waals surface area contributed by atoms with Crippen LogP contribution in [0.5, 0.6) is 5.75 Å². The van der Waals surface area contributed by atoms with E-state index < -0.39 is 0 Å². The summed E-state index contributed by atoms with van der Waals surface area (Å²) in [6, 6.07) is 10.6. The van der Waals surface area contributed by atoms with E-state index in [0.717, 1.165) is 25.4 Å². The number of rotatable bonds is 5. The second-order valence-electron chi connectivity index (χ2n) is 4.58. The second kappa shape index (κ2) is 8.35. The van der Waals surface area contributed by atoms with Crippen molar-refractivity contribution in [2.45, 2.75) is 25.3 Å². The molecule has 3 nitrogen and oxygen atoms in total. The van der Waals surface area contributed by atoms with Crippen LogP contribution < -0.4 is 10.5 Å². The molecule has 1 aromatic carbocycles. The molecule has 0 bridgehead atoms. The SMILES string of the molecule is Cl.NCC1CCCCN1CCOc1ccccc1. The van der Waals surface area contributed by atoms with Crippen LogP contribution in [0.4, 0.5) is 0 Å². The predicted molar refractivity (Wildman–Crippen MR) is 77.5 cm³/mol. The number of nitrogens with two attached hydrogens (primary N) is 1. The molecular formula is C14H23ClN2O. The maximum absolute atomic E-state index is 5.79. The summed E-state index contributed by atoms with van der Waals surface area (Å²) in [5, 5.41) is 0. The molecule has 1 saturated heterocycles. The summed E-state index contributed by atoms with van der Waals surface area (Å²) in [6.07, 6.45) is 3.85. The fourth-order valence-corrected chi connectivity index (χ4v) is 2.42. The van der Waals surface area contributed by atoms with Gasteiger partial charge in [-0.1, -0.05) is 24.6 Å². The monoisotopic (exact) mass is 270 g/mol. The van der Waals surface area contributed by atoms with E-state index in [0.29, 0.717) is 6.04 Å². The zero-order chi connectivity index (χ0) is 11.9. The maximum atomic E-state index is 5.79. The Morgan fingerprint density at radius 2 is 2.00 bits per heavy atom. The van der Waals surface area contributed by atoms with Gasteiger partial charge in [0.15, 0.2) is 0 Å². The Morgan fingerprint density at radius 1 is 1.22 bits per heavy atom. The molecule has 1 atom stereocenters. The molecule has 1 aliphatic rings. The van der Waals surface area contributed by atoms with Crippen LogP contribution in [0.3, 0.4) is 0 Å². The van der Waals surface area contributed by atoms with Crippen LogP contribution in [-0.4, -0.2) is 37.2 Å². The van der Waals surface area contributed by atoms with Gasteiger partial charge in [0.1, 0.15) is 12.4 Å². The molecule has 4 heteroatoms. The van der Waals surface area contributed by atoms with Crippen molar-refractivity contribution in [3.63, 3.8) is 0 Å². The number of ether oxygens (including phenoxy) is 1. The summed E-state index contributed by atoms with van der Waals surface area (Å²) in [6.45, 7) is 3.67. The third kappa shape index (κ3) is 4.48. The van der Waals surface area contributed by atoms with Gasteiger partial charge in [0, 0.05) is 19.1 Å². The number of piperidine rings is 1. The summed E-state index contributed by atoms with van der Waals surface area (Å²) in [5.74, 6) is 0.953. The lowest BCUT2D eigenvalue weighted by Crippen LogP contribution is -2.45. The topological polar surface area (TPSA) is 38.5 Å². The van der Waals surface area contributed by atoms with E-state index in [2.05, 4.69) is 4.90 Å². The standard InChI is InChI=1S/C14H22N2O.ClH/c15-12-13-6-4-5-9-16(13)10-11-17-14-7-2-1-3-8-14;/h1-3,7-8,13H,4-6,9-12,15H2;1H. The summed E-state index contributed by atoms with van der Waals surface area (Å²) in [4.78, 5) is 2.46. The third-order valence-corrected chi connectivity index (χ3v) is 3.41. The molecule has 1 aromatic rings. The third-order valence-electron chi connectivity index (χ3n) is 3.41. The van der Waals surface area contributed by atoms with Crippen molar-refractivity contribution in [2.75, 3.05) is 26.2 Å². The molecule has 2 rings (SSSR count). The van der Waals surface area contributed by atoms with Crippen LogP contribution in [0.15, 0.2) is 30.3 Å². The minimum absolute atomic E-state index is 0. The Kier molecular flexibility index (Phi) is 7.09. The Hall–Kier alpha value is -0.770. The van der Waals surface area contributed by atoms with Crippen molar-refractivity contribution in [2.24, 2.45) is 5.73 Å². The molecule has 102 valence electrons. The molecule has 0 saturated carbocycles. The lowest BCUT2D eigenvalue weighted by atomic mass is 10.0. The van der Waals surface area contributed by atoms with Gasteiger partial charge in [0.05, 0.1) is 0 Å². The van der Waals surface area contributed by atoms with Gasteiger partial charge in [-0.25, -0.2) is 0 Å². The molecule has 0 amide bonds. The van der Waals surface area contributed by atoms with Crippen LogP contribution in [0.1, 0.15) is 19.3 Å². The first-order chi connectivity index (χ1) is 8.40. The molecule has 0 spiro atoms. The average molecular weight is 271 g/mol. The fourth-order valence-electron chi connectivity index (χ4n) is 2.42. The minimum atomic E-state index is 0. The van der Waals surface area contributed by atoms with Crippen LogP contribution in [-0.2, 0) is 0 Å². The van der Waals surface area contributed by atoms with Crippen molar-refractivity contribution >= 4 is 12.4 Å². The first-order valence-electron chi connectivity index (χ1n) is 6.52. The number of nitrogens with zero attached hydrogens (tertiary/aromatic N) is 1. The molecule has 1 heterocycles. The molecule has 1 unspecified atom stereocenters. The Morgan fingerprint density at radius 3 is 2.72 bits per heavy atom. The molecule has 1 aliphatic heterocycles. The predicted octanol–water partition coefficient (Wildman–Crippen LogP) is 2.30. The normalized spacial score (nSPS) is 20.2. The molecule has 0 radical (unpaired) electrons. The largest absolute Gasteiger partial charge is 0.492 e. The Balaban J connectivity index is 0.00000162. The molecular weight excluding hydrogens is 248 g/mol. The van der Waals surface area contributed by atoms with E-state index in [1.54, 1.807) is 0 Å². The highest BCUT2D eigenvalue weighted by molar-refractivity contribution is 5.85. The van der Waals surface area contributed by atoms with Crippen LogP contribution in [0.25, 0.3) is 0 Å². The van der Waals surface area contributed by atoms with E-state index in [9.17, 15) is 0 Å². The highest BCUT2D eigenvalue weighted by atomic mass is 35.5. The van der Waals surface area contributed by atoms with Gasteiger partial charge < -0.3 is 10.5 Å². The number of hydrogen-bond donors (Lipinski definition) is 1. The van der Waals surface area contributed by atoms with Gasteiger partial charge in [0.25, 0.3) is 0 Å². The van der Waals surface area contributed by atoms with Gasteiger partial charge in [-0.2, -0.15) is 0 Å². The van der Waals surface area contributed by atoms with E-state index >= 15 is 0 Å². The van der Waals surface area contributed by atoms with E-state index in [1.807, 2.05) is 30.3 Å². The van der Waals surface area contributed by atoms with Crippen LogP contribution in [0.2, 0.25) is 0 Å². The van der Waals surface area contributed by atoms with Gasteiger partial charge >= 0.3 is 0 Å². The quantitative estimate of drug-likeness (QED) is 0.892. The number of halogens is 1. The first kappa shape index (κ1) is 15.3. The molecule has 1 fully saturated rings. The molecule has 0 aromatic heterocycles. The highest BCUT2D eigenvalue weighted by Crippen LogP contribution is 2.16. The number of benzene rings is 1. The fraction of sp³-hybridized carbons (Fsp3) is 0.571. The van der Waals surface area contributed by atoms with E-state index in [-0.39, 0.29) is 12.4 Å². The zero-order valence-electron chi connectivity index (χ0n) is 10.8. The maximum Gasteiger partial charge on any atom is 0.119 e. The van der Waals surface area contributed by atoms with Gasteiger partial charge in [0.2, 0.25) is 0 Å². The Labute approximate surface area is 116 Å². The van der Waals surface area contributed by atoms with Crippen molar-refractivity contribution in [1.29, 1.82) is 0 Å². The van der Waals surface area contributed by atoms with E-state index in [1.165, 1.54) is 25.8 Å². The summed E-state index contributed by atoms with van der Waals surface area (Å²) in [7, 11) is 0. The first-order valence-corrected chi connectivity index (χ1v) is 6.52. The average Bonchev–Trinajstić information content (AvgIpc) is 2.40. The van der Waals surface area contributed by atoms with Crippen LogP contribution >= 0.6 is 12.4 Å². The second-order valence-corrected chi connectivity index (χ2v) is 4.58. The van der Waals surface area contributed by atoms with Crippen LogP contribution in [0, 0.1) is 0 Å². The smallest absolute Gasteiger partial charge is 0.119 e. The summed E-state index contributed by atoms with van der Waals surface area (Å²) < 4.78 is 5.72. The number of likely N-dealkylation sites (tertiary alicyclic amines) is 1. The van der Waals surface area contributed by atoms with Gasteiger partial charge in [-0.3, -0.25) is 4.90 Å². The van der Waals surface area contributed by atoms with Crippen molar-refractivity contribution in [3.05, 3.63) is 30.3 Å². The number of para-hydroxylation sites is 1. The highest BCUT2D eigenvalue weighted by Gasteiger charge is 2.20. The minimum Gasteiger partial charge on any atom is -0.492 e. The Bertz CT molecular complexity index is 321. The number of hydrogen-bond acceptors (Lipinski definition) is 3.